The molecule has 10 nitrogen and oxygen atoms in total. The lowest BCUT2D eigenvalue weighted by molar-refractivity contribution is 0.107. The molecule has 0 saturated carbocycles. The first-order chi connectivity index (χ1) is 23.4. The van der Waals surface area contributed by atoms with Crippen molar-refractivity contribution in [3.63, 3.8) is 0 Å². The molecule has 0 bridgehead atoms. The van der Waals surface area contributed by atoms with Gasteiger partial charge in [0.2, 0.25) is 0 Å². The van der Waals surface area contributed by atoms with Crippen LogP contribution in [0.5, 0.6) is 11.8 Å². The minimum absolute atomic E-state index is 0.00896. The van der Waals surface area contributed by atoms with Gasteiger partial charge in [0, 0.05) is 31.6 Å². The topological polar surface area (TPSA) is 120 Å². The molecule has 0 amide bonds. The van der Waals surface area contributed by atoms with Crippen molar-refractivity contribution in [1.29, 1.82) is 0 Å². The number of nitrogens with one attached hydrogen (secondary N) is 2. The van der Waals surface area contributed by atoms with E-state index < -0.39 is 38.8 Å². The van der Waals surface area contributed by atoms with Crippen molar-refractivity contribution in [2.24, 2.45) is 5.92 Å². The van der Waals surface area contributed by atoms with Gasteiger partial charge >= 0.3 is 6.01 Å². The zero-order valence-corrected chi connectivity index (χ0v) is 28.3. The molecule has 0 aliphatic carbocycles. The number of aromatic hydroxyl groups is 1. The zero-order valence-electron chi connectivity index (χ0n) is 27.5. The van der Waals surface area contributed by atoms with Crippen molar-refractivity contribution in [3.05, 3.63) is 53.3 Å². The summed E-state index contributed by atoms with van der Waals surface area (Å²) in [5.41, 5.74) is -1.35. The molecular weight excluding hydrogens is 657 g/mol. The first-order valence-electron chi connectivity index (χ1n) is 17.0. The van der Waals surface area contributed by atoms with Crippen LogP contribution in [-0.2, 0) is 16.6 Å². The van der Waals surface area contributed by atoms with E-state index in [0.717, 1.165) is 32.4 Å². The van der Waals surface area contributed by atoms with Gasteiger partial charge in [0.25, 0.3) is 10.2 Å². The number of fused-ring (bicyclic) bond motifs is 3. The SMILES string of the molecule is CCc1c(F)ccc2cc(O)cc(-c3c(F)cc4c(N5CCCC6(CNS(=O)(=O)N6)C5)nc(OC[C@@]56CCCN5C[C@H](C)C6)nc4c3F)c12. The third-order valence-electron chi connectivity index (χ3n) is 10.9. The highest BCUT2D eigenvalue weighted by molar-refractivity contribution is 7.87. The summed E-state index contributed by atoms with van der Waals surface area (Å²) in [5, 5.41) is 11.5. The van der Waals surface area contributed by atoms with Crippen LogP contribution in [0.4, 0.5) is 19.0 Å². The van der Waals surface area contributed by atoms with Gasteiger partial charge in [-0.25, -0.2) is 17.9 Å². The van der Waals surface area contributed by atoms with Gasteiger partial charge in [-0.2, -0.15) is 23.1 Å². The molecule has 4 aliphatic heterocycles. The Morgan fingerprint density at radius 1 is 1.08 bits per heavy atom. The summed E-state index contributed by atoms with van der Waals surface area (Å²) in [6.07, 6.45) is 4.41. The predicted octanol–water partition coefficient (Wildman–Crippen LogP) is 5.17. The number of phenols is 1. The smallest absolute Gasteiger partial charge is 0.319 e. The minimum atomic E-state index is -3.68. The molecular formula is C35H39F3N6O4S. The van der Waals surface area contributed by atoms with E-state index in [9.17, 15) is 13.5 Å². The average Bonchev–Trinajstić information content (AvgIpc) is 3.68. The van der Waals surface area contributed by atoms with Gasteiger partial charge in [-0.1, -0.05) is 19.9 Å². The third kappa shape index (κ3) is 5.47. The molecule has 4 aromatic rings. The van der Waals surface area contributed by atoms with Crippen LogP contribution in [0.3, 0.4) is 0 Å². The van der Waals surface area contributed by atoms with Gasteiger partial charge < -0.3 is 14.7 Å². The lowest BCUT2D eigenvalue weighted by Gasteiger charge is -2.40. The fourth-order valence-electron chi connectivity index (χ4n) is 8.91. The first kappa shape index (κ1) is 32.5. The van der Waals surface area contributed by atoms with Gasteiger partial charge in [-0.3, -0.25) is 4.90 Å². The van der Waals surface area contributed by atoms with Crippen LogP contribution in [0.15, 0.2) is 30.3 Å². The molecule has 0 radical (unpaired) electrons. The standard InChI is InChI=1S/C35H39F3N6O4S/c1-3-23-26(36)7-6-21-12-22(45)13-24(28(21)23)29-27(37)14-25-31(30(29)38)40-33(48-19-35-9-5-11-44(35)16-20(2)15-35)41-32(25)43-10-4-8-34(18-43)17-39-49(46,47)42-34/h6-7,12-14,20,39,42,45H,3-5,8-11,15-19H2,1-2H3/t20-,34?,35+/m1/s1. The highest BCUT2D eigenvalue weighted by atomic mass is 32.2. The van der Waals surface area contributed by atoms with Gasteiger partial charge in [-0.15, -0.1) is 0 Å². The molecule has 3 atom stereocenters. The van der Waals surface area contributed by atoms with Crippen LogP contribution < -0.4 is 19.1 Å². The molecule has 260 valence electrons. The molecule has 8 rings (SSSR count). The second kappa shape index (κ2) is 11.7. The highest BCUT2D eigenvalue weighted by Gasteiger charge is 2.48. The summed E-state index contributed by atoms with van der Waals surface area (Å²) >= 11 is 0. The lowest BCUT2D eigenvalue weighted by atomic mass is 9.90. The predicted molar refractivity (Wildman–Crippen MR) is 180 cm³/mol. The van der Waals surface area contributed by atoms with Crippen molar-refractivity contribution in [3.8, 4) is 22.9 Å². The summed E-state index contributed by atoms with van der Waals surface area (Å²) in [7, 11) is -3.68. The van der Waals surface area contributed by atoms with E-state index in [1.54, 1.807) is 6.92 Å². The molecule has 4 fully saturated rings. The van der Waals surface area contributed by atoms with E-state index in [4.69, 9.17) is 9.72 Å². The number of halogens is 3. The van der Waals surface area contributed by atoms with E-state index in [1.807, 2.05) is 4.90 Å². The summed E-state index contributed by atoms with van der Waals surface area (Å²) in [6, 6.07) is 6.55. The Labute approximate surface area is 282 Å². The number of anilines is 1. The molecule has 1 aromatic heterocycles. The monoisotopic (exact) mass is 696 g/mol. The average molecular weight is 697 g/mol. The number of rotatable bonds is 6. The number of hydrogen-bond acceptors (Lipinski definition) is 8. The molecule has 3 N–H and O–H groups in total. The fraction of sp³-hybridized carbons (Fsp3) is 0.486. The Bertz CT molecular complexity index is 2120. The Balaban J connectivity index is 1.29. The fourth-order valence-corrected chi connectivity index (χ4v) is 10.3. The van der Waals surface area contributed by atoms with Crippen LogP contribution in [0.25, 0.3) is 32.8 Å². The molecule has 4 saturated heterocycles. The van der Waals surface area contributed by atoms with Crippen LogP contribution in [-0.4, -0.2) is 78.8 Å². The number of phenolic OH excluding ortho intramolecular Hbond substituents is 1. The molecule has 5 heterocycles. The Hall–Kier alpha value is -3.72. The second-order valence-corrected chi connectivity index (χ2v) is 15.8. The van der Waals surface area contributed by atoms with Crippen molar-refractivity contribution in [2.75, 3.05) is 44.2 Å². The molecule has 1 spiro atoms. The lowest BCUT2D eigenvalue weighted by Crippen LogP contribution is -2.56. The molecule has 14 heteroatoms. The van der Waals surface area contributed by atoms with Crippen LogP contribution >= 0.6 is 0 Å². The molecule has 3 aromatic carbocycles. The van der Waals surface area contributed by atoms with Crippen molar-refractivity contribution < 1.29 is 31.4 Å². The number of aryl methyl sites for hydroxylation is 1. The summed E-state index contributed by atoms with van der Waals surface area (Å²) in [5.74, 6) is -1.93. The van der Waals surface area contributed by atoms with Crippen molar-refractivity contribution >= 4 is 37.7 Å². The van der Waals surface area contributed by atoms with Crippen molar-refractivity contribution in [1.82, 2.24) is 24.3 Å². The molecule has 4 aliphatic rings. The number of benzene rings is 3. The third-order valence-corrected chi connectivity index (χ3v) is 12.1. The summed E-state index contributed by atoms with van der Waals surface area (Å²) in [4.78, 5) is 13.6. The van der Waals surface area contributed by atoms with Crippen LogP contribution in [0.2, 0.25) is 0 Å². The van der Waals surface area contributed by atoms with Crippen LogP contribution in [0, 0.1) is 23.4 Å². The maximum absolute atomic E-state index is 17.1. The molecule has 1 unspecified atom stereocenters. The first-order valence-corrected chi connectivity index (χ1v) is 18.4. The maximum Gasteiger partial charge on any atom is 0.319 e. The summed E-state index contributed by atoms with van der Waals surface area (Å²) in [6.45, 7) is 7.08. The normalized spacial score (nSPS) is 26.7. The largest absolute Gasteiger partial charge is 0.508 e. The molecule has 49 heavy (non-hydrogen) atoms. The second-order valence-electron chi connectivity index (χ2n) is 14.3. The van der Waals surface area contributed by atoms with E-state index in [2.05, 4.69) is 26.3 Å². The van der Waals surface area contributed by atoms with E-state index in [0.29, 0.717) is 42.7 Å². The zero-order chi connectivity index (χ0) is 34.3. The Morgan fingerprint density at radius 2 is 1.90 bits per heavy atom. The Morgan fingerprint density at radius 3 is 2.67 bits per heavy atom. The Kier molecular flexibility index (Phi) is 7.74. The maximum atomic E-state index is 17.1. The quantitative estimate of drug-likeness (QED) is 0.253. The van der Waals surface area contributed by atoms with Gasteiger partial charge in [0.15, 0.2) is 5.82 Å². The van der Waals surface area contributed by atoms with Gasteiger partial charge in [-0.05, 0) is 97.2 Å². The number of piperidine rings is 1. The summed E-state index contributed by atoms with van der Waals surface area (Å²) < 4.78 is 84.8. The van der Waals surface area contributed by atoms with Crippen molar-refractivity contribution in [2.45, 2.75) is 63.5 Å². The van der Waals surface area contributed by atoms with Crippen LogP contribution in [0.1, 0.15) is 51.5 Å². The number of aromatic nitrogens is 2. The minimum Gasteiger partial charge on any atom is -0.508 e. The number of ether oxygens (including phenoxy) is 1. The highest BCUT2D eigenvalue weighted by Crippen LogP contribution is 2.44. The van der Waals surface area contributed by atoms with E-state index in [1.165, 1.54) is 30.3 Å². The van der Waals surface area contributed by atoms with Gasteiger partial charge in [0.05, 0.1) is 16.6 Å². The number of hydrogen-bond donors (Lipinski definition) is 3. The van der Waals surface area contributed by atoms with E-state index in [-0.39, 0.29) is 64.7 Å². The van der Waals surface area contributed by atoms with Gasteiger partial charge in [0.1, 0.15) is 35.3 Å². The van der Waals surface area contributed by atoms with E-state index >= 15 is 13.2 Å². The number of nitrogens with zero attached hydrogens (tertiary/aromatic N) is 4.